The molecule has 1 unspecified atom stereocenters. The van der Waals surface area contributed by atoms with Gasteiger partial charge < -0.3 is 14.6 Å². The molecular weight excluding hydrogens is 268 g/mol. The molecule has 2 aromatic heterocycles. The summed E-state index contributed by atoms with van der Waals surface area (Å²) < 4.78 is 1.91. The van der Waals surface area contributed by atoms with Crippen LogP contribution in [-0.4, -0.2) is 38.2 Å². The van der Waals surface area contributed by atoms with Crippen molar-refractivity contribution in [3.63, 3.8) is 0 Å². The van der Waals surface area contributed by atoms with E-state index in [1.165, 1.54) is 0 Å². The van der Waals surface area contributed by atoms with E-state index in [-0.39, 0.29) is 18.4 Å². The van der Waals surface area contributed by atoms with Gasteiger partial charge in [-0.05, 0) is 25.5 Å². The molecule has 1 aliphatic heterocycles. The minimum atomic E-state index is -0.811. The van der Waals surface area contributed by atoms with Crippen LogP contribution in [0.4, 0.5) is 0 Å². The van der Waals surface area contributed by atoms with Crippen LogP contribution in [0, 0.1) is 0 Å². The summed E-state index contributed by atoms with van der Waals surface area (Å²) in [5, 5.41) is 2.78. The number of piperazine rings is 1. The number of aromatic nitrogens is 2. The Morgan fingerprint density at radius 1 is 1.38 bits per heavy atom. The van der Waals surface area contributed by atoms with Crippen LogP contribution in [0.5, 0.6) is 0 Å². The molecule has 0 spiro atoms. The number of amides is 2. The van der Waals surface area contributed by atoms with Gasteiger partial charge in [0.05, 0.1) is 12.2 Å². The molecule has 3 heterocycles. The van der Waals surface area contributed by atoms with Crippen LogP contribution in [-0.2, 0) is 16.1 Å². The molecular formula is C15H18N4O2. The van der Waals surface area contributed by atoms with Gasteiger partial charge in [0, 0.05) is 12.4 Å². The van der Waals surface area contributed by atoms with Gasteiger partial charge >= 0.3 is 0 Å². The monoisotopic (exact) mass is 286 g/mol. The predicted molar refractivity (Wildman–Crippen MR) is 77.4 cm³/mol. The van der Waals surface area contributed by atoms with Crippen LogP contribution in [0.1, 0.15) is 26.0 Å². The highest BCUT2D eigenvalue weighted by molar-refractivity contribution is 5.97. The Labute approximate surface area is 122 Å². The number of carbonyl (C=O) groups is 2. The third kappa shape index (κ3) is 2.37. The van der Waals surface area contributed by atoms with Crippen molar-refractivity contribution in [3.05, 3.63) is 36.3 Å². The molecule has 1 atom stereocenters. The molecule has 0 aromatic carbocycles. The Kier molecular flexibility index (Phi) is 3.16. The second kappa shape index (κ2) is 4.87. The van der Waals surface area contributed by atoms with Crippen LogP contribution in [0.2, 0.25) is 0 Å². The molecule has 0 bridgehead atoms. The minimum Gasteiger partial charge on any atom is -0.340 e. The molecule has 21 heavy (non-hydrogen) atoms. The van der Waals surface area contributed by atoms with Gasteiger partial charge in [-0.15, -0.1) is 0 Å². The molecule has 1 aliphatic rings. The number of carbonyl (C=O) groups excluding carboxylic acids is 2. The first kappa shape index (κ1) is 13.6. The molecule has 1 fully saturated rings. The lowest BCUT2D eigenvalue weighted by molar-refractivity contribution is -0.150. The van der Waals surface area contributed by atoms with Crippen molar-refractivity contribution < 1.29 is 9.59 Å². The van der Waals surface area contributed by atoms with Gasteiger partial charge in [0.15, 0.2) is 0 Å². The smallest absolute Gasteiger partial charge is 0.248 e. The molecule has 2 aromatic rings. The van der Waals surface area contributed by atoms with E-state index >= 15 is 0 Å². The summed E-state index contributed by atoms with van der Waals surface area (Å²) in [5.74, 6) is -0.177. The topological polar surface area (TPSA) is 66.7 Å². The molecule has 1 N–H and O–H groups in total. The van der Waals surface area contributed by atoms with Gasteiger partial charge in [-0.3, -0.25) is 9.59 Å². The predicted octanol–water partition coefficient (Wildman–Crippen LogP) is 0.961. The summed E-state index contributed by atoms with van der Waals surface area (Å²) in [4.78, 5) is 30.4. The second-order valence-electron chi connectivity index (χ2n) is 5.59. The number of hydrogen-bond donors (Lipinski definition) is 1. The summed E-state index contributed by atoms with van der Waals surface area (Å²) in [6.07, 6.45) is 4.37. The average Bonchev–Trinajstić information content (AvgIpc) is 2.86. The van der Waals surface area contributed by atoms with Gasteiger partial charge in [0.2, 0.25) is 11.8 Å². The second-order valence-corrected chi connectivity index (χ2v) is 5.59. The van der Waals surface area contributed by atoms with Crippen LogP contribution in [0.15, 0.2) is 30.6 Å². The first-order valence-corrected chi connectivity index (χ1v) is 7.05. The summed E-state index contributed by atoms with van der Waals surface area (Å²) in [6, 6.07) is 5.75. The lowest BCUT2D eigenvalue weighted by Gasteiger charge is -2.38. The molecule has 6 heteroatoms. The highest BCUT2D eigenvalue weighted by Gasteiger charge is 2.41. The number of nitrogens with one attached hydrogen (secondary N) is 1. The zero-order valence-corrected chi connectivity index (χ0v) is 12.2. The number of pyridine rings is 1. The van der Waals surface area contributed by atoms with Crippen molar-refractivity contribution >= 4 is 17.5 Å². The Hall–Kier alpha value is -2.37. The van der Waals surface area contributed by atoms with Crippen LogP contribution in [0.25, 0.3) is 5.65 Å². The van der Waals surface area contributed by atoms with Gasteiger partial charge in [0.25, 0.3) is 0 Å². The maximum Gasteiger partial charge on any atom is 0.248 e. The first-order valence-electron chi connectivity index (χ1n) is 7.05. The zero-order valence-electron chi connectivity index (χ0n) is 12.2. The van der Waals surface area contributed by atoms with Crippen molar-refractivity contribution in [1.29, 1.82) is 0 Å². The SMILES string of the molecule is CCC1(C)NC(=O)CN(Cc2cn3ccccc3n2)C1=O. The van der Waals surface area contributed by atoms with E-state index in [9.17, 15) is 9.59 Å². The van der Waals surface area contributed by atoms with E-state index < -0.39 is 5.54 Å². The van der Waals surface area contributed by atoms with Crippen molar-refractivity contribution in [2.75, 3.05) is 6.54 Å². The fourth-order valence-corrected chi connectivity index (χ4v) is 2.62. The molecule has 0 aliphatic carbocycles. The fraction of sp³-hybridized carbons (Fsp3) is 0.400. The standard InChI is InChI=1S/C15H18N4O2/c1-3-15(2)14(21)19(10-13(20)17-15)9-11-8-18-7-5-4-6-12(18)16-11/h4-8H,3,9-10H2,1-2H3,(H,17,20). The van der Waals surface area contributed by atoms with Crippen molar-refractivity contribution in [2.24, 2.45) is 0 Å². The Morgan fingerprint density at radius 3 is 2.90 bits per heavy atom. The minimum absolute atomic E-state index is 0.0540. The Balaban J connectivity index is 1.86. The quantitative estimate of drug-likeness (QED) is 0.914. The molecule has 1 saturated heterocycles. The van der Waals surface area contributed by atoms with Crippen molar-refractivity contribution in [2.45, 2.75) is 32.4 Å². The molecule has 2 amide bonds. The normalized spacial score (nSPS) is 22.7. The van der Waals surface area contributed by atoms with E-state index in [2.05, 4.69) is 10.3 Å². The lowest BCUT2D eigenvalue weighted by Crippen LogP contribution is -2.64. The molecule has 3 rings (SSSR count). The van der Waals surface area contributed by atoms with E-state index in [1.807, 2.05) is 41.9 Å². The van der Waals surface area contributed by atoms with Crippen molar-refractivity contribution in [3.8, 4) is 0 Å². The number of hydrogen-bond acceptors (Lipinski definition) is 3. The van der Waals surface area contributed by atoms with E-state index in [0.29, 0.717) is 13.0 Å². The van der Waals surface area contributed by atoms with E-state index in [1.54, 1.807) is 11.8 Å². The van der Waals surface area contributed by atoms with E-state index in [4.69, 9.17) is 0 Å². The van der Waals surface area contributed by atoms with Crippen LogP contribution in [0.3, 0.4) is 0 Å². The third-order valence-electron chi connectivity index (χ3n) is 3.98. The molecule has 0 radical (unpaired) electrons. The molecule has 6 nitrogen and oxygen atoms in total. The Morgan fingerprint density at radius 2 is 2.19 bits per heavy atom. The number of rotatable bonds is 3. The van der Waals surface area contributed by atoms with Crippen LogP contribution >= 0.6 is 0 Å². The third-order valence-corrected chi connectivity index (χ3v) is 3.98. The maximum atomic E-state index is 12.5. The van der Waals surface area contributed by atoms with E-state index in [0.717, 1.165) is 11.3 Å². The van der Waals surface area contributed by atoms with Gasteiger partial charge in [-0.2, -0.15) is 0 Å². The number of imidazole rings is 1. The van der Waals surface area contributed by atoms with Gasteiger partial charge in [0.1, 0.15) is 17.7 Å². The maximum absolute atomic E-state index is 12.5. The van der Waals surface area contributed by atoms with Gasteiger partial charge in [-0.1, -0.05) is 13.0 Å². The first-order chi connectivity index (χ1) is 10.0. The lowest BCUT2D eigenvalue weighted by atomic mass is 9.94. The number of fused-ring (bicyclic) bond motifs is 1. The van der Waals surface area contributed by atoms with Crippen molar-refractivity contribution in [1.82, 2.24) is 19.6 Å². The Bertz CT molecular complexity index is 676. The summed E-state index contributed by atoms with van der Waals surface area (Å²) in [7, 11) is 0. The fourth-order valence-electron chi connectivity index (χ4n) is 2.62. The zero-order chi connectivity index (χ0) is 15.0. The summed E-state index contributed by atoms with van der Waals surface area (Å²) in [5.41, 5.74) is 0.802. The highest BCUT2D eigenvalue weighted by atomic mass is 16.2. The number of nitrogens with zero attached hydrogens (tertiary/aromatic N) is 3. The summed E-state index contributed by atoms with van der Waals surface area (Å²) >= 11 is 0. The van der Waals surface area contributed by atoms with Crippen LogP contribution < -0.4 is 5.32 Å². The average molecular weight is 286 g/mol. The van der Waals surface area contributed by atoms with Gasteiger partial charge in [-0.25, -0.2) is 4.98 Å². The largest absolute Gasteiger partial charge is 0.340 e. The molecule has 0 saturated carbocycles. The highest BCUT2D eigenvalue weighted by Crippen LogP contribution is 2.19. The molecule has 110 valence electrons. The summed E-state index contributed by atoms with van der Waals surface area (Å²) in [6.45, 7) is 4.10.